The number of rotatable bonds is 50. The third-order valence-electron chi connectivity index (χ3n) is 13.2. The zero-order chi connectivity index (χ0) is 56.1. The third-order valence-corrected chi connectivity index (χ3v) is 13.2. The maximum absolute atomic E-state index is 13.1. The Hall–Kier alpha value is -4.36. The number of aliphatic carboxylic acids is 1. The summed E-state index contributed by atoms with van der Waals surface area (Å²) in [6, 6.07) is 0. The number of carbonyl (C=O) groups excluding carboxylic acids is 3. The normalized spacial score (nSPS) is 18.7. The van der Waals surface area contributed by atoms with Crippen LogP contribution in [0.15, 0.2) is 97.2 Å². The fourth-order valence-electron chi connectivity index (χ4n) is 8.61. The Labute approximate surface area is 466 Å². The van der Waals surface area contributed by atoms with E-state index in [1.54, 1.807) is 0 Å². The van der Waals surface area contributed by atoms with E-state index < -0.39 is 67.3 Å². The molecule has 6 unspecified atom stereocenters. The standard InChI is InChI=1S/C65H106O12/c1-4-7-10-13-16-19-22-25-27-28-29-30-32-34-36-39-42-45-48-51-57(66)73-54-56(75-58(67)52-49-46-43-40-37-33-24-21-18-15-12-9-6-3)55-74-65-63(61(70)60(69)62(77-65)64(71)72)76-59(68)53-50-47-44-41-38-35-31-26-23-20-17-14-11-8-5-2/h7,9-10,12,16,18-19,21,25,27,29-30,33,37,43,46,56,60-63,65,69-70H,4-6,8,11,13-15,17,20,22-24,26,28,31-32,34-36,38-42,44-45,47-55H2,1-3H3,(H,71,72)/b10-7-,12-9-,19-16-,21-18-,27-25-,30-29-,37-33-,46-43-. The lowest BCUT2D eigenvalue weighted by Gasteiger charge is -2.40. The first kappa shape index (κ1) is 70.7. The van der Waals surface area contributed by atoms with Crippen LogP contribution in [-0.2, 0) is 42.9 Å². The number of carboxylic acids is 1. The van der Waals surface area contributed by atoms with Gasteiger partial charge in [-0.15, -0.1) is 0 Å². The van der Waals surface area contributed by atoms with Crippen molar-refractivity contribution in [2.24, 2.45) is 0 Å². The quantitative estimate of drug-likeness (QED) is 0.0228. The van der Waals surface area contributed by atoms with Crippen LogP contribution in [0.5, 0.6) is 0 Å². The first-order chi connectivity index (χ1) is 37.6. The van der Waals surface area contributed by atoms with E-state index in [0.29, 0.717) is 25.7 Å². The molecule has 0 spiro atoms. The van der Waals surface area contributed by atoms with Gasteiger partial charge in [-0.2, -0.15) is 0 Å². The van der Waals surface area contributed by atoms with E-state index >= 15 is 0 Å². The number of carboxylic acid groups (broad SMARTS) is 1. The summed E-state index contributed by atoms with van der Waals surface area (Å²) in [6.45, 7) is 5.69. The molecule has 12 nitrogen and oxygen atoms in total. The Morgan fingerprint density at radius 3 is 1.30 bits per heavy atom. The van der Waals surface area contributed by atoms with Gasteiger partial charge in [0.2, 0.25) is 0 Å². The summed E-state index contributed by atoms with van der Waals surface area (Å²) < 4.78 is 28.3. The molecule has 0 aromatic carbocycles. The number of esters is 3. The molecule has 1 saturated heterocycles. The molecule has 0 aliphatic carbocycles. The zero-order valence-corrected chi connectivity index (χ0v) is 48.2. The predicted octanol–water partition coefficient (Wildman–Crippen LogP) is 15.7. The molecule has 6 atom stereocenters. The van der Waals surface area contributed by atoms with Gasteiger partial charge < -0.3 is 39.0 Å². The van der Waals surface area contributed by atoms with E-state index in [1.807, 2.05) is 12.2 Å². The van der Waals surface area contributed by atoms with Crippen LogP contribution < -0.4 is 0 Å². The van der Waals surface area contributed by atoms with Crippen molar-refractivity contribution >= 4 is 23.9 Å². The van der Waals surface area contributed by atoms with Crippen molar-refractivity contribution in [1.29, 1.82) is 0 Å². The van der Waals surface area contributed by atoms with Gasteiger partial charge in [-0.25, -0.2) is 4.79 Å². The van der Waals surface area contributed by atoms with Crippen molar-refractivity contribution in [3.63, 3.8) is 0 Å². The number of unbranched alkanes of at least 4 members (excludes halogenated alkanes) is 20. The lowest BCUT2D eigenvalue weighted by molar-refractivity contribution is -0.301. The second-order valence-corrected chi connectivity index (χ2v) is 20.2. The van der Waals surface area contributed by atoms with Crippen LogP contribution in [0.2, 0.25) is 0 Å². The topological polar surface area (TPSA) is 175 Å². The highest BCUT2D eigenvalue weighted by Crippen LogP contribution is 2.26. The van der Waals surface area contributed by atoms with Crippen LogP contribution in [0.25, 0.3) is 0 Å². The molecule has 3 N–H and O–H groups in total. The Morgan fingerprint density at radius 2 is 0.844 bits per heavy atom. The molecule has 0 bridgehead atoms. The highest BCUT2D eigenvalue weighted by molar-refractivity contribution is 5.74. The molecule has 1 aliphatic heterocycles. The van der Waals surface area contributed by atoms with Gasteiger partial charge in [0, 0.05) is 19.3 Å². The summed E-state index contributed by atoms with van der Waals surface area (Å²) in [5.74, 6) is -3.25. The zero-order valence-electron chi connectivity index (χ0n) is 48.2. The number of hydrogen-bond acceptors (Lipinski definition) is 11. The molecule has 1 aliphatic rings. The lowest BCUT2D eigenvalue weighted by Crippen LogP contribution is -2.61. The summed E-state index contributed by atoms with van der Waals surface area (Å²) in [6.07, 6.45) is 56.8. The van der Waals surface area contributed by atoms with Gasteiger partial charge in [-0.3, -0.25) is 14.4 Å². The molecular weight excluding hydrogens is 973 g/mol. The minimum atomic E-state index is -1.92. The Morgan fingerprint density at radius 1 is 0.442 bits per heavy atom. The summed E-state index contributed by atoms with van der Waals surface area (Å²) in [5, 5.41) is 31.5. The molecule has 0 aromatic heterocycles. The highest BCUT2D eigenvalue weighted by Gasteiger charge is 2.50. The number of aliphatic hydroxyl groups is 2. The number of allylic oxidation sites excluding steroid dienone is 16. The van der Waals surface area contributed by atoms with E-state index in [0.717, 1.165) is 109 Å². The second-order valence-electron chi connectivity index (χ2n) is 20.2. The number of carbonyl (C=O) groups is 4. The number of ether oxygens (including phenoxy) is 5. The van der Waals surface area contributed by atoms with E-state index in [1.165, 1.54) is 64.2 Å². The monoisotopic (exact) mass is 1080 g/mol. The van der Waals surface area contributed by atoms with Crippen LogP contribution >= 0.6 is 0 Å². The molecule has 1 rings (SSSR count). The van der Waals surface area contributed by atoms with Crippen LogP contribution in [0.3, 0.4) is 0 Å². The van der Waals surface area contributed by atoms with E-state index in [2.05, 4.69) is 106 Å². The molecular formula is C65H106O12. The number of hydrogen-bond donors (Lipinski definition) is 3. The van der Waals surface area contributed by atoms with E-state index in [4.69, 9.17) is 23.7 Å². The second kappa shape index (κ2) is 52.3. The van der Waals surface area contributed by atoms with Crippen molar-refractivity contribution in [2.75, 3.05) is 13.2 Å². The van der Waals surface area contributed by atoms with E-state index in [9.17, 15) is 34.5 Å². The number of aliphatic hydroxyl groups excluding tert-OH is 2. The SMILES string of the molecule is CC/C=C\C/C=C\C/C=C\C/C=C\CCCCCCCCC(=O)OCC(COC1OC(C(=O)O)C(O)C(O)C1OC(=O)CCCCCCCCCCCCCCCCC)OC(=O)CC/C=C\C/C=C\C/C=C\C/C=C\CC. The van der Waals surface area contributed by atoms with Crippen molar-refractivity contribution in [2.45, 2.75) is 276 Å². The fraction of sp³-hybridized carbons (Fsp3) is 0.692. The first-order valence-corrected chi connectivity index (χ1v) is 30.2. The van der Waals surface area contributed by atoms with Gasteiger partial charge in [0.05, 0.1) is 6.61 Å². The maximum Gasteiger partial charge on any atom is 0.335 e. The molecule has 1 fully saturated rings. The van der Waals surface area contributed by atoms with Crippen molar-refractivity contribution in [1.82, 2.24) is 0 Å². The molecule has 77 heavy (non-hydrogen) atoms. The van der Waals surface area contributed by atoms with Crippen LogP contribution in [0.4, 0.5) is 0 Å². The summed E-state index contributed by atoms with van der Waals surface area (Å²) in [5.41, 5.74) is 0. The van der Waals surface area contributed by atoms with Gasteiger partial charge in [-0.05, 0) is 83.5 Å². The average Bonchev–Trinajstić information content (AvgIpc) is 3.42. The van der Waals surface area contributed by atoms with Crippen molar-refractivity contribution in [3.8, 4) is 0 Å². The minimum Gasteiger partial charge on any atom is -0.479 e. The first-order valence-electron chi connectivity index (χ1n) is 30.2. The molecule has 0 saturated carbocycles. The lowest BCUT2D eigenvalue weighted by atomic mass is 9.98. The Bertz CT molecular complexity index is 1710. The minimum absolute atomic E-state index is 0.0353. The highest BCUT2D eigenvalue weighted by atomic mass is 16.7. The van der Waals surface area contributed by atoms with Crippen LogP contribution in [0.1, 0.15) is 239 Å². The smallest absolute Gasteiger partial charge is 0.335 e. The fourth-order valence-corrected chi connectivity index (χ4v) is 8.61. The summed E-state index contributed by atoms with van der Waals surface area (Å²) in [7, 11) is 0. The van der Waals surface area contributed by atoms with Crippen LogP contribution in [-0.4, -0.2) is 89.2 Å². The summed E-state index contributed by atoms with van der Waals surface area (Å²) >= 11 is 0. The molecule has 0 radical (unpaired) electrons. The summed E-state index contributed by atoms with van der Waals surface area (Å²) in [4.78, 5) is 51.1. The van der Waals surface area contributed by atoms with E-state index in [-0.39, 0.29) is 25.9 Å². The predicted molar refractivity (Wildman–Crippen MR) is 312 cm³/mol. The molecule has 0 aromatic rings. The Balaban J connectivity index is 2.71. The average molecular weight is 1080 g/mol. The van der Waals surface area contributed by atoms with Crippen molar-refractivity contribution < 1.29 is 58.2 Å². The maximum atomic E-state index is 13.1. The van der Waals surface area contributed by atoms with Gasteiger partial charge in [-0.1, -0.05) is 234 Å². The molecule has 12 heteroatoms. The molecule has 0 amide bonds. The molecule has 438 valence electrons. The third kappa shape index (κ3) is 42.3. The van der Waals surface area contributed by atoms with Crippen molar-refractivity contribution in [3.05, 3.63) is 97.2 Å². The van der Waals surface area contributed by atoms with Crippen LogP contribution in [0, 0.1) is 0 Å². The van der Waals surface area contributed by atoms with Gasteiger partial charge in [0.15, 0.2) is 24.6 Å². The van der Waals surface area contributed by atoms with Gasteiger partial charge in [0.1, 0.15) is 18.8 Å². The molecule has 1 heterocycles. The van der Waals surface area contributed by atoms with Gasteiger partial charge >= 0.3 is 23.9 Å². The van der Waals surface area contributed by atoms with Gasteiger partial charge in [0.25, 0.3) is 0 Å². The Kier molecular flexibility index (Phi) is 48.0. The largest absolute Gasteiger partial charge is 0.479 e.